The summed E-state index contributed by atoms with van der Waals surface area (Å²) in [6.07, 6.45) is 3.83. The third-order valence-corrected chi connectivity index (χ3v) is 7.94. The number of fused-ring (bicyclic) bond motifs is 1. The lowest BCUT2D eigenvalue weighted by atomic mass is 9.75. The van der Waals surface area contributed by atoms with Crippen LogP contribution in [0.5, 0.6) is 0 Å². The number of likely N-dealkylation sites (tertiary alicyclic amines) is 1. The molecule has 34 heavy (non-hydrogen) atoms. The highest BCUT2D eigenvalue weighted by Crippen LogP contribution is 2.37. The maximum absolute atomic E-state index is 13.4. The minimum atomic E-state index is -0.389. The SMILES string of the molecule is Cc1ccc(C)c(C2CCN(C(=O)C3CCC4C(=O)N(c5ccccc5)C(=O)NC4C3)CC2)c1. The Kier molecular flexibility index (Phi) is 6.15. The number of urea groups is 1. The highest BCUT2D eigenvalue weighted by atomic mass is 16.2. The lowest BCUT2D eigenvalue weighted by molar-refractivity contribution is -0.139. The fraction of sp³-hybridized carbons (Fsp3) is 0.464. The van der Waals surface area contributed by atoms with Crippen molar-refractivity contribution in [1.29, 1.82) is 0 Å². The van der Waals surface area contributed by atoms with Crippen molar-refractivity contribution in [3.05, 3.63) is 65.2 Å². The minimum Gasteiger partial charge on any atom is -0.342 e. The number of carbonyl (C=O) groups excluding carboxylic acids is 3. The van der Waals surface area contributed by atoms with Crippen molar-refractivity contribution in [3.63, 3.8) is 0 Å². The molecule has 2 aromatic rings. The number of piperidine rings is 1. The van der Waals surface area contributed by atoms with E-state index < -0.39 is 0 Å². The molecule has 3 atom stereocenters. The quantitative estimate of drug-likeness (QED) is 0.732. The third-order valence-electron chi connectivity index (χ3n) is 7.94. The van der Waals surface area contributed by atoms with E-state index in [1.54, 1.807) is 12.1 Å². The van der Waals surface area contributed by atoms with Gasteiger partial charge in [0.2, 0.25) is 11.8 Å². The predicted molar refractivity (Wildman–Crippen MR) is 132 cm³/mol. The van der Waals surface area contributed by atoms with Crippen molar-refractivity contribution in [2.45, 2.75) is 57.9 Å². The van der Waals surface area contributed by atoms with Crippen LogP contribution in [0.25, 0.3) is 0 Å². The second kappa shape index (κ2) is 9.24. The number of imide groups is 1. The molecule has 6 nitrogen and oxygen atoms in total. The summed E-state index contributed by atoms with van der Waals surface area (Å²) in [6.45, 7) is 5.85. The molecule has 0 spiro atoms. The van der Waals surface area contributed by atoms with Gasteiger partial charge in [-0.3, -0.25) is 9.59 Å². The van der Waals surface area contributed by atoms with Crippen LogP contribution >= 0.6 is 0 Å². The molecule has 2 heterocycles. The van der Waals surface area contributed by atoms with Crippen molar-refractivity contribution in [2.75, 3.05) is 18.0 Å². The van der Waals surface area contributed by atoms with Gasteiger partial charge in [-0.1, -0.05) is 42.0 Å². The van der Waals surface area contributed by atoms with Crippen LogP contribution in [0.15, 0.2) is 48.5 Å². The first-order valence-corrected chi connectivity index (χ1v) is 12.5. The fourth-order valence-electron chi connectivity index (χ4n) is 6.03. The number of carbonyl (C=O) groups is 3. The number of benzene rings is 2. The molecular formula is C28H33N3O3. The normalized spacial score (nSPS) is 25.6. The summed E-state index contributed by atoms with van der Waals surface area (Å²) in [5, 5.41) is 3.02. The van der Waals surface area contributed by atoms with E-state index in [1.165, 1.54) is 21.6 Å². The summed E-state index contributed by atoms with van der Waals surface area (Å²) in [5.74, 6) is 0.135. The van der Waals surface area contributed by atoms with Gasteiger partial charge in [0.15, 0.2) is 0 Å². The van der Waals surface area contributed by atoms with E-state index in [1.807, 2.05) is 23.1 Å². The Balaban J connectivity index is 1.20. The summed E-state index contributed by atoms with van der Waals surface area (Å²) in [6, 6.07) is 15.0. The predicted octanol–water partition coefficient (Wildman–Crippen LogP) is 4.55. The van der Waals surface area contributed by atoms with E-state index >= 15 is 0 Å². The summed E-state index contributed by atoms with van der Waals surface area (Å²) in [5.41, 5.74) is 4.62. The van der Waals surface area contributed by atoms with Gasteiger partial charge in [-0.05, 0) is 75.1 Å². The first kappa shape index (κ1) is 22.6. The average Bonchev–Trinajstić information content (AvgIpc) is 2.85. The molecular weight excluding hydrogens is 426 g/mol. The highest BCUT2D eigenvalue weighted by Gasteiger charge is 2.46. The number of rotatable bonds is 3. The molecule has 3 fully saturated rings. The molecule has 1 N–H and O–H groups in total. The van der Waals surface area contributed by atoms with Crippen LogP contribution < -0.4 is 10.2 Å². The summed E-state index contributed by atoms with van der Waals surface area (Å²) < 4.78 is 0. The second-order valence-electron chi connectivity index (χ2n) is 10.1. The Labute approximate surface area is 201 Å². The van der Waals surface area contributed by atoms with E-state index in [0.717, 1.165) is 25.9 Å². The zero-order chi connectivity index (χ0) is 23.8. The van der Waals surface area contributed by atoms with E-state index in [4.69, 9.17) is 0 Å². The van der Waals surface area contributed by atoms with Gasteiger partial charge in [0.1, 0.15) is 0 Å². The van der Waals surface area contributed by atoms with E-state index in [2.05, 4.69) is 37.4 Å². The summed E-state index contributed by atoms with van der Waals surface area (Å²) in [7, 11) is 0. The molecule has 6 heteroatoms. The lowest BCUT2D eigenvalue weighted by Gasteiger charge is -2.43. The van der Waals surface area contributed by atoms with Gasteiger partial charge in [-0.25, -0.2) is 9.69 Å². The summed E-state index contributed by atoms with van der Waals surface area (Å²) >= 11 is 0. The monoisotopic (exact) mass is 459 g/mol. The Hall–Kier alpha value is -3.15. The topological polar surface area (TPSA) is 69.7 Å². The molecule has 2 saturated heterocycles. The van der Waals surface area contributed by atoms with E-state index in [-0.39, 0.29) is 35.7 Å². The first-order chi connectivity index (χ1) is 16.4. The standard InChI is InChI=1S/C28H33N3O3/c1-18-8-9-19(2)24(16-18)20-12-14-30(15-13-20)26(32)21-10-11-23-25(17-21)29-28(34)31(27(23)33)22-6-4-3-5-7-22/h3-9,16,20-21,23,25H,10-15,17H2,1-2H3,(H,29,34). The Morgan fingerprint density at radius 2 is 1.68 bits per heavy atom. The molecule has 0 aromatic heterocycles. The third kappa shape index (κ3) is 4.22. The van der Waals surface area contributed by atoms with Crippen LogP contribution in [0, 0.1) is 25.7 Å². The average molecular weight is 460 g/mol. The number of anilines is 1. The van der Waals surface area contributed by atoms with Crippen molar-refractivity contribution in [2.24, 2.45) is 11.8 Å². The Bertz CT molecular complexity index is 1090. The number of aryl methyl sites for hydroxylation is 2. The van der Waals surface area contributed by atoms with Gasteiger partial charge in [0.05, 0.1) is 11.6 Å². The van der Waals surface area contributed by atoms with Crippen molar-refractivity contribution >= 4 is 23.5 Å². The first-order valence-electron chi connectivity index (χ1n) is 12.5. The maximum Gasteiger partial charge on any atom is 0.328 e. The fourth-order valence-corrected chi connectivity index (χ4v) is 6.03. The van der Waals surface area contributed by atoms with E-state index in [9.17, 15) is 14.4 Å². The van der Waals surface area contributed by atoms with Gasteiger partial charge in [-0.15, -0.1) is 0 Å². The molecule has 2 aromatic carbocycles. The highest BCUT2D eigenvalue weighted by molar-refractivity contribution is 6.17. The number of nitrogens with zero attached hydrogens (tertiary/aromatic N) is 2. The van der Waals surface area contributed by atoms with Crippen molar-refractivity contribution in [1.82, 2.24) is 10.2 Å². The molecule has 0 radical (unpaired) electrons. The van der Waals surface area contributed by atoms with Gasteiger partial charge in [0.25, 0.3) is 0 Å². The number of para-hydroxylation sites is 1. The van der Waals surface area contributed by atoms with Crippen molar-refractivity contribution in [3.8, 4) is 0 Å². The van der Waals surface area contributed by atoms with Gasteiger partial charge >= 0.3 is 6.03 Å². The van der Waals surface area contributed by atoms with Crippen LogP contribution in [-0.2, 0) is 9.59 Å². The molecule has 1 aliphatic carbocycles. The summed E-state index contributed by atoms with van der Waals surface area (Å²) in [4.78, 5) is 42.5. The van der Waals surface area contributed by atoms with E-state index in [0.29, 0.717) is 30.9 Å². The van der Waals surface area contributed by atoms with Gasteiger partial charge in [-0.2, -0.15) is 0 Å². The molecule has 4 amide bonds. The van der Waals surface area contributed by atoms with Crippen LogP contribution in [-0.4, -0.2) is 41.9 Å². The maximum atomic E-state index is 13.4. The van der Waals surface area contributed by atoms with Crippen LogP contribution in [0.1, 0.15) is 54.7 Å². The number of amides is 4. The Morgan fingerprint density at radius 3 is 2.41 bits per heavy atom. The molecule has 3 unspecified atom stereocenters. The largest absolute Gasteiger partial charge is 0.342 e. The van der Waals surface area contributed by atoms with Crippen molar-refractivity contribution < 1.29 is 14.4 Å². The van der Waals surface area contributed by atoms with Gasteiger partial charge < -0.3 is 10.2 Å². The molecule has 178 valence electrons. The lowest BCUT2D eigenvalue weighted by Crippen LogP contribution is -2.62. The number of hydrogen-bond acceptors (Lipinski definition) is 3. The van der Waals surface area contributed by atoms with Crippen LogP contribution in [0.3, 0.4) is 0 Å². The molecule has 5 rings (SSSR count). The Morgan fingerprint density at radius 1 is 0.941 bits per heavy atom. The molecule has 2 aliphatic heterocycles. The number of nitrogens with one attached hydrogen (secondary N) is 1. The molecule has 0 bridgehead atoms. The second-order valence-corrected chi connectivity index (χ2v) is 10.1. The smallest absolute Gasteiger partial charge is 0.328 e. The number of hydrogen-bond donors (Lipinski definition) is 1. The van der Waals surface area contributed by atoms with Crippen LogP contribution in [0.2, 0.25) is 0 Å². The molecule has 3 aliphatic rings. The zero-order valence-corrected chi connectivity index (χ0v) is 20.0. The van der Waals surface area contributed by atoms with Gasteiger partial charge in [0, 0.05) is 25.0 Å². The van der Waals surface area contributed by atoms with Crippen LogP contribution in [0.4, 0.5) is 10.5 Å². The zero-order valence-electron chi connectivity index (χ0n) is 20.0. The molecule has 1 saturated carbocycles. The minimum absolute atomic E-state index is 0.130.